The molecule has 2 aromatic rings. The van der Waals surface area contributed by atoms with Gasteiger partial charge in [-0.25, -0.2) is 0 Å². The lowest BCUT2D eigenvalue weighted by Crippen LogP contribution is -2.42. The van der Waals surface area contributed by atoms with Gasteiger partial charge in [-0.3, -0.25) is 14.5 Å². The van der Waals surface area contributed by atoms with Crippen molar-refractivity contribution in [1.82, 2.24) is 9.80 Å². The lowest BCUT2D eigenvalue weighted by molar-refractivity contribution is -0.140. The van der Waals surface area contributed by atoms with Gasteiger partial charge in [0, 0.05) is 31.7 Å². The molecule has 0 aromatic heterocycles. The first-order valence-corrected chi connectivity index (χ1v) is 11.8. The van der Waals surface area contributed by atoms with Gasteiger partial charge < -0.3 is 29.0 Å². The number of likely N-dealkylation sites (tertiary alicyclic amines) is 1. The molecule has 1 unspecified atom stereocenters. The molecule has 2 aromatic carbocycles. The van der Waals surface area contributed by atoms with Crippen molar-refractivity contribution in [2.45, 2.75) is 13.0 Å². The van der Waals surface area contributed by atoms with Crippen LogP contribution in [0.1, 0.15) is 22.7 Å². The number of nitrogens with zero attached hydrogens (tertiary/aromatic N) is 2. The summed E-state index contributed by atoms with van der Waals surface area (Å²) in [5, 5.41) is 11.3. The number of ether oxygens (including phenoxy) is 4. The van der Waals surface area contributed by atoms with E-state index < -0.39 is 17.7 Å². The van der Waals surface area contributed by atoms with Crippen molar-refractivity contribution >= 4 is 17.4 Å². The molecule has 2 aliphatic rings. The zero-order valence-electron chi connectivity index (χ0n) is 21.1. The lowest BCUT2D eigenvalue weighted by Gasteiger charge is -2.31. The highest BCUT2D eigenvalue weighted by atomic mass is 16.5. The van der Waals surface area contributed by atoms with Crippen molar-refractivity contribution in [3.63, 3.8) is 0 Å². The molecule has 2 saturated heterocycles. The number of amides is 1. The van der Waals surface area contributed by atoms with Gasteiger partial charge in [0.15, 0.2) is 11.5 Å². The quantitative estimate of drug-likeness (QED) is 0.339. The second kappa shape index (κ2) is 11.0. The summed E-state index contributed by atoms with van der Waals surface area (Å²) in [6.07, 6.45) is 0. The molecule has 36 heavy (non-hydrogen) atoms. The molecule has 2 fully saturated rings. The number of hydrogen-bond donors (Lipinski definition) is 1. The number of ketones is 1. The summed E-state index contributed by atoms with van der Waals surface area (Å²) >= 11 is 0. The predicted octanol–water partition coefficient (Wildman–Crippen LogP) is 2.77. The van der Waals surface area contributed by atoms with E-state index in [1.165, 1.54) is 19.1 Å². The van der Waals surface area contributed by atoms with Gasteiger partial charge in [-0.05, 0) is 48.4 Å². The molecule has 0 saturated carbocycles. The molecule has 0 spiro atoms. The fourth-order valence-electron chi connectivity index (χ4n) is 4.74. The topological polar surface area (TPSA) is 97.8 Å². The minimum Gasteiger partial charge on any atom is -0.507 e. The van der Waals surface area contributed by atoms with Crippen LogP contribution < -0.4 is 14.2 Å². The van der Waals surface area contributed by atoms with Crippen LogP contribution in [0.25, 0.3) is 5.76 Å². The van der Waals surface area contributed by atoms with Gasteiger partial charge in [0.05, 0.1) is 46.2 Å². The number of methoxy groups -OCH3 is 3. The third kappa shape index (κ3) is 4.89. The van der Waals surface area contributed by atoms with Crippen LogP contribution >= 0.6 is 0 Å². The van der Waals surface area contributed by atoms with Crippen molar-refractivity contribution in [1.29, 1.82) is 0 Å². The second-order valence-corrected chi connectivity index (χ2v) is 8.75. The standard InChI is InChI=1S/C27H32N2O7/c1-17-15-19(6-7-20(17)33-2)25(30)23-24(18-5-8-21(34-3)22(16-18)35-4)29(27(32)26(23)31)10-9-28-11-13-36-14-12-28/h5-8,15-16,24,30H,9-14H2,1-4H3/b25-23-. The van der Waals surface area contributed by atoms with Crippen LogP contribution in [0.15, 0.2) is 42.0 Å². The average Bonchev–Trinajstić information content (AvgIpc) is 3.16. The number of hydrogen-bond acceptors (Lipinski definition) is 8. The van der Waals surface area contributed by atoms with Crippen molar-refractivity contribution in [2.75, 3.05) is 60.7 Å². The van der Waals surface area contributed by atoms with Gasteiger partial charge in [-0.15, -0.1) is 0 Å². The maximum absolute atomic E-state index is 13.3. The summed E-state index contributed by atoms with van der Waals surface area (Å²) in [7, 11) is 4.63. The Morgan fingerprint density at radius 3 is 2.25 bits per heavy atom. The van der Waals surface area contributed by atoms with Crippen molar-refractivity contribution in [3.8, 4) is 17.2 Å². The maximum atomic E-state index is 13.3. The largest absolute Gasteiger partial charge is 0.507 e. The molecular weight excluding hydrogens is 464 g/mol. The van der Waals surface area contributed by atoms with Gasteiger partial charge in [0.2, 0.25) is 0 Å². The Kier molecular flexibility index (Phi) is 7.81. The van der Waals surface area contributed by atoms with E-state index in [1.54, 1.807) is 43.5 Å². The number of benzene rings is 2. The molecule has 0 aliphatic carbocycles. The highest BCUT2D eigenvalue weighted by molar-refractivity contribution is 6.46. The van der Waals surface area contributed by atoms with Gasteiger partial charge >= 0.3 is 0 Å². The summed E-state index contributed by atoms with van der Waals surface area (Å²) < 4.78 is 21.6. The van der Waals surface area contributed by atoms with Crippen LogP contribution in [-0.2, 0) is 14.3 Å². The highest BCUT2D eigenvalue weighted by Crippen LogP contribution is 2.42. The normalized spacial score (nSPS) is 20.0. The van der Waals surface area contributed by atoms with Gasteiger partial charge in [-0.2, -0.15) is 0 Å². The first-order chi connectivity index (χ1) is 17.4. The predicted molar refractivity (Wildman–Crippen MR) is 134 cm³/mol. The number of carbonyl (C=O) groups is 2. The van der Waals surface area contributed by atoms with Gasteiger partial charge in [-0.1, -0.05) is 6.07 Å². The van der Waals surface area contributed by atoms with E-state index >= 15 is 0 Å². The zero-order valence-corrected chi connectivity index (χ0v) is 21.1. The summed E-state index contributed by atoms with van der Waals surface area (Å²) in [6, 6.07) is 9.61. The number of aryl methyl sites for hydroxylation is 1. The van der Waals surface area contributed by atoms with E-state index in [9.17, 15) is 14.7 Å². The third-order valence-electron chi connectivity index (χ3n) is 6.69. The fourth-order valence-corrected chi connectivity index (χ4v) is 4.74. The molecule has 0 bridgehead atoms. The molecule has 1 amide bonds. The Bertz CT molecular complexity index is 1170. The molecule has 2 heterocycles. The Hall–Kier alpha value is -3.56. The number of carbonyl (C=O) groups excluding carboxylic acids is 2. The fraction of sp³-hybridized carbons (Fsp3) is 0.407. The van der Waals surface area contributed by atoms with Crippen LogP contribution in [0.5, 0.6) is 17.2 Å². The first kappa shape index (κ1) is 25.5. The van der Waals surface area contributed by atoms with E-state index in [4.69, 9.17) is 18.9 Å². The van der Waals surface area contributed by atoms with E-state index in [2.05, 4.69) is 4.90 Å². The maximum Gasteiger partial charge on any atom is 0.295 e. The summed E-state index contributed by atoms with van der Waals surface area (Å²) in [4.78, 5) is 30.3. The molecule has 1 atom stereocenters. The zero-order chi connectivity index (χ0) is 25.8. The number of morpholine rings is 1. The minimum absolute atomic E-state index is 0.0405. The molecular formula is C27H32N2O7. The number of aliphatic hydroxyl groups excluding tert-OH is 1. The van der Waals surface area contributed by atoms with Crippen LogP contribution in [0, 0.1) is 6.92 Å². The SMILES string of the molecule is COc1ccc(/C(O)=C2/C(=O)C(=O)N(CCN3CCOCC3)C2c2ccc(OC)c(OC)c2)cc1C. The number of rotatable bonds is 8. The van der Waals surface area contributed by atoms with Crippen LogP contribution in [0.2, 0.25) is 0 Å². The first-order valence-electron chi connectivity index (χ1n) is 11.8. The molecule has 2 aliphatic heterocycles. The van der Waals surface area contributed by atoms with Gasteiger partial charge in [0.1, 0.15) is 11.5 Å². The highest BCUT2D eigenvalue weighted by Gasteiger charge is 2.46. The number of aliphatic hydroxyl groups is 1. The molecule has 1 N–H and O–H groups in total. The molecule has 192 valence electrons. The van der Waals surface area contributed by atoms with Gasteiger partial charge in [0.25, 0.3) is 11.7 Å². The van der Waals surface area contributed by atoms with Crippen LogP contribution in [0.3, 0.4) is 0 Å². The van der Waals surface area contributed by atoms with E-state index in [-0.39, 0.29) is 11.3 Å². The summed E-state index contributed by atoms with van der Waals surface area (Å²) in [6.45, 7) is 5.54. The van der Waals surface area contributed by atoms with Crippen LogP contribution in [0.4, 0.5) is 0 Å². The smallest absolute Gasteiger partial charge is 0.295 e. The lowest BCUT2D eigenvalue weighted by atomic mass is 9.94. The average molecular weight is 497 g/mol. The molecule has 4 rings (SSSR count). The number of Topliss-reactive ketones (excluding diaryl/α,β-unsaturated/α-hetero) is 1. The molecule has 9 nitrogen and oxygen atoms in total. The Balaban J connectivity index is 1.79. The monoisotopic (exact) mass is 496 g/mol. The van der Waals surface area contributed by atoms with Crippen molar-refractivity contribution in [3.05, 3.63) is 58.7 Å². The minimum atomic E-state index is -0.784. The van der Waals surface area contributed by atoms with Crippen molar-refractivity contribution < 1.29 is 33.6 Å². The second-order valence-electron chi connectivity index (χ2n) is 8.75. The summed E-state index contributed by atoms with van der Waals surface area (Å²) in [5.74, 6) is 0.0608. The Morgan fingerprint density at radius 2 is 1.61 bits per heavy atom. The van der Waals surface area contributed by atoms with E-state index in [0.717, 1.165) is 18.7 Å². The Labute approximate surface area is 210 Å². The molecule has 9 heteroatoms. The van der Waals surface area contributed by atoms with E-state index in [0.29, 0.717) is 54.7 Å². The third-order valence-corrected chi connectivity index (χ3v) is 6.69. The van der Waals surface area contributed by atoms with Crippen molar-refractivity contribution in [2.24, 2.45) is 0 Å². The molecule has 0 radical (unpaired) electrons. The Morgan fingerprint density at radius 1 is 0.944 bits per heavy atom. The van der Waals surface area contributed by atoms with E-state index in [1.807, 2.05) is 6.92 Å². The summed E-state index contributed by atoms with van der Waals surface area (Å²) in [5.41, 5.74) is 1.91. The van der Waals surface area contributed by atoms with Crippen LogP contribution in [-0.4, -0.2) is 87.3 Å².